The normalized spacial score (nSPS) is 11.1. The molecule has 0 bridgehead atoms. The maximum Gasteiger partial charge on any atom is 0.472 e. The molecule has 0 fully saturated rings. The first-order valence-corrected chi connectivity index (χ1v) is 6.23. The maximum atomic E-state index is 11.1. The summed E-state index contributed by atoms with van der Waals surface area (Å²) in [5.74, 6) is 0. The average molecular weight is 394 g/mol. The van der Waals surface area contributed by atoms with Gasteiger partial charge in [-0.2, -0.15) is 0 Å². The van der Waals surface area contributed by atoms with Crippen molar-refractivity contribution < 1.29 is 39.6 Å². The molecule has 6 heteroatoms. The van der Waals surface area contributed by atoms with Crippen LogP contribution < -0.4 is 0 Å². The molecule has 0 radical (unpaired) electrons. The summed E-state index contributed by atoms with van der Waals surface area (Å²) < 4.78 is 20.5. The minimum Gasteiger partial charge on any atom is -0.302 e. The molecule has 0 aromatic heterocycles. The Morgan fingerprint density at radius 1 is 1.07 bits per heavy atom. The molecular formula is C8H19O4PW. The Hall–Kier alpha value is 0.798. The van der Waals surface area contributed by atoms with Gasteiger partial charge in [-0.25, -0.2) is 4.57 Å². The molecule has 0 heterocycles. The maximum absolute atomic E-state index is 11.1. The molecule has 0 atom stereocenters. The van der Waals surface area contributed by atoms with Crippen LogP contribution in [0, 0.1) is 0 Å². The van der Waals surface area contributed by atoms with Gasteiger partial charge in [-0.15, -0.1) is 0 Å². The van der Waals surface area contributed by atoms with E-state index in [0.717, 1.165) is 25.7 Å². The Bertz CT molecular complexity index is 151. The minimum absolute atomic E-state index is 0. The van der Waals surface area contributed by atoms with Crippen molar-refractivity contribution in [1.29, 1.82) is 0 Å². The largest absolute Gasteiger partial charge is 0.472 e. The van der Waals surface area contributed by atoms with E-state index in [0.29, 0.717) is 0 Å². The zero-order valence-corrected chi connectivity index (χ0v) is 12.6. The van der Waals surface area contributed by atoms with Crippen molar-refractivity contribution in [3.8, 4) is 0 Å². The van der Waals surface area contributed by atoms with Crippen LogP contribution in [0.3, 0.4) is 0 Å². The summed E-state index contributed by atoms with van der Waals surface area (Å²) in [6.45, 7) is 4.56. The minimum atomic E-state index is -3.75. The molecule has 0 aromatic rings. The summed E-state index contributed by atoms with van der Waals surface area (Å²) in [6.07, 6.45) is 3.44. The smallest absolute Gasteiger partial charge is 0.302 e. The van der Waals surface area contributed by atoms with Crippen molar-refractivity contribution in [2.75, 3.05) is 13.2 Å². The zero-order valence-electron chi connectivity index (χ0n) is 8.77. The molecule has 0 saturated carbocycles. The molecule has 0 amide bonds. The van der Waals surface area contributed by atoms with Crippen LogP contribution in [0.2, 0.25) is 0 Å². The van der Waals surface area contributed by atoms with Gasteiger partial charge < -0.3 is 4.89 Å². The molecular weight excluding hydrogens is 375 g/mol. The van der Waals surface area contributed by atoms with Gasteiger partial charge in [0.2, 0.25) is 0 Å². The zero-order chi connectivity index (χ0) is 10.2. The van der Waals surface area contributed by atoms with E-state index in [2.05, 4.69) is 0 Å². The number of hydrogen-bond acceptors (Lipinski definition) is 3. The fraction of sp³-hybridized carbons (Fsp3) is 1.00. The molecule has 0 saturated heterocycles. The Kier molecular flexibility index (Phi) is 12.7. The summed E-state index contributed by atoms with van der Waals surface area (Å²) in [5.41, 5.74) is 0. The predicted molar refractivity (Wildman–Crippen MR) is 51.5 cm³/mol. The molecule has 0 aliphatic carbocycles. The topological polar surface area (TPSA) is 55.8 Å². The molecule has 1 N–H and O–H groups in total. The van der Waals surface area contributed by atoms with Gasteiger partial charge in [-0.3, -0.25) is 9.05 Å². The summed E-state index contributed by atoms with van der Waals surface area (Å²) in [6, 6.07) is 0. The van der Waals surface area contributed by atoms with Gasteiger partial charge in [0.15, 0.2) is 0 Å². The molecule has 4 nitrogen and oxygen atoms in total. The molecule has 0 rings (SSSR count). The molecule has 0 aliphatic heterocycles. The third-order valence-electron chi connectivity index (χ3n) is 1.50. The van der Waals surface area contributed by atoms with Crippen LogP contribution in [0.15, 0.2) is 0 Å². The van der Waals surface area contributed by atoms with Crippen molar-refractivity contribution in [2.45, 2.75) is 39.5 Å². The van der Waals surface area contributed by atoms with Crippen molar-refractivity contribution >= 4 is 7.82 Å². The fourth-order valence-corrected chi connectivity index (χ4v) is 1.48. The van der Waals surface area contributed by atoms with Gasteiger partial charge in [0.05, 0.1) is 13.2 Å². The quantitative estimate of drug-likeness (QED) is 0.508. The van der Waals surface area contributed by atoms with E-state index in [9.17, 15) is 4.57 Å². The van der Waals surface area contributed by atoms with E-state index in [-0.39, 0.29) is 34.3 Å². The first-order chi connectivity index (χ1) is 6.12. The molecule has 14 heavy (non-hydrogen) atoms. The van der Waals surface area contributed by atoms with Crippen molar-refractivity contribution in [1.82, 2.24) is 0 Å². The second-order valence-electron chi connectivity index (χ2n) is 2.84. The standard InChI is InChI=1S/C8H19O4P.W/c1-3-5-7-11-13(9,10)12-8-6-4-2;/h3-8H2,1-2H3,(H,9,10);. The van der Waals surface area contributed by atoms with Crippen LogP contribution in [-0.4, -0.2) is 18.1 Å². The first-order valence-electron chi connectivity index (χ1n) is 4.74. The average Bonchev–Trinajstić information content (AvgIpc) is 2.05. The van der Waals surface area contributed by atoms with Crippen LogP contribution in [0.5, 0.6) is 0 Å². The van der Waals surface area contributed by atoms with Crippen molar-refractivity contribution in [3.63, 3.8) is 0 Å². The third-order valence-corrected chi connectivity index (χ3v) is 2.52. The van der Waals surface area contributed by atoms with Gasteiger partial charge in [-0.1, -0.05) is 26.7 Å². The number of hydrogen-bond donors (Lipinski definition) is 1. The number of rotatable bonds is 8. The predicted octanol–water partition coefficient (Wildman–Crippen LogP) is 2.72. The van der Waals surface area contributed by atoms with E-state index in [1.165, 1.54) is 0 Å². The summed E-state index contributed by atoms with van der Waals surface area (Å²) in [4.78, 5) is 9.08. The molecule has 0 spiro atoms. The van der Waals surface area contributed by atoms with Gasteiger partial charge in [-0.05, 0) is 12.8 Å². The van der Waals surface area contributed by atoms with E-state index < -0.39 is 7.82 Å². The first kappa shape index (κ1) is 17.2. The SMILES string of the molecule is CCCCOP(=O)(O)OCCCC.[W]. The molecule has 0 aromatic carbocycles. The Morgan fingerprint density at radius 3 is 1.71 bits per heavy atom. The van der Waals surface area contributed by atoms with E-state index >= 15 is 0 Å². The number of phosphoric ester groups is 1. The Balaban J connectivity index is 0. The monoisotopic (exact) mass is 394 g/mol. The fourth-order valence-electron chi connectivity index (χ4n) is 0.686. The molecule has 0 unspecified atom stereocenters. The summed E-state index contributed by atoms with van der Waals surface area (Å²) in [5, 5.41) is 0. The molecule has 0 aliphatic rings. The summed E-state index contributed by atoms with van der Waals surface area (Å²) >= 11 is 0. The van der Waals surface area contributed by atoms with E-state index in [4.69, 9.17) is 13.9 Å². The van der Waals surface area contributed by atoms with E-state index in [1.807, 2.05) is 13.8 Å². The summed E-state index contributed by atoms with van der Waals surface area (Å²) in [7, 11) is -3.75. The Labute approximate surface area is 100 Å². The van der Waals surface area contributed by atoms with Crippen molar-refractivity contribution in [3.05, 3.63) is 0 Å². The molecule has 86 valence electrons. The van der Waals surface area contributed by atoms with Crippen LogP contribution in [0.25, 0.3) is 0 Å². The van der Waals surface area contributed by atoms with Gasteiger partial charge in [0.25, 0.3) is 0 Å². The van der Waals surface area contributed by atoms with Gasteiger partial charge in [0.1, 0.15) is 0 Å². The van der Waals surface area contributed by atoms with Crippen molar-refractivity contribution in [2.24, 2.45) is 0 Å². The van der Waals surface area contributed by atoms with Crippen LogP contribution in [0.4, 0.5) is 0 Å². The second kappa shape index (κ2) is 10.3. The second-order valence-corrected chi connectivity index (χ2v) is 4.30. The van der Waals surface area contributed by atoms with Crippen LogP contribution >= 0.6 is 7.82 Å². The third kappa shape index (κ3) is 10.9. The number of unbranched alkanes of at least 4 members (excludes halogenated alkanes) is 2. The number of phosphoric acid groups is 1. The Morgan fingerprint density at radius 2 is 1.43 bits per heavy atom. The van der Waals surface area contributed by atoms with E-state index in [1.54, 1.807) is 0 Å². The van der Waals surface area contributed by atoms with Crippen LogP contribution in [-0.2, 0) is 34.7 Å². The van der Waals surface area contributed by atoms with Gasteiger partial charge in [0, 0.05) is 21.1 Å². The van der Waals surface area contributed by atoms with Crippen LogP contribution in [0.1, 0.15) is 39.5 Å². The van der Waals surface area contributed by atoms with Gasteiger partial charge >= 0.3 is 7.82 Å².